The number of likely N-dealkylation sites (tertiary alicyclic amines) is 1. The summed E-state index contributed by atoms with van der Waals surface area (Å²) < 4.78 is 40.7. The van der Waals surface area contributed by atoms with E-state index in [0.717, 1.165) is 46.6 Å². The lowest BCUT2D eigenvalue weighted by molar-refractivity contribution is -0.139. The lowest BCUT2D eigenvalue weighted by Gasteiger charge is -2.29. The normalized spacial score (nSPS) is 23.9. The number of thiazole rings is 1. The summed E-state index contributed by atoms with van der Waals surface area (Å²) in [6, 6.07) is 4.46. The molecule has 1 aliphatic heterocycles. The maximum Gasteiger partial charge on any atom is 0.408 e. The lowest BCUT2D eigenvalue weighted by atomic mass is 9.87. The number of amides is 4. The third-order valence-corrected chi connectivity index (χ3v) is 16.4. The SMILES string of the molecule is CC1C(Oc2nc3c(-c4nc(C5CCCCC5)cs4)cccc3n2C(C)C)CN(C(=O)C(CCCCCC=CC2CC2C(=O)NS(=O)(=O)C2(C)CC2)NC(=O)OC(C)(C)C)C1C(N)=O. The van der Waals surface area contributed by atoms with Gasteiger partial charge in [0.15, 0.2) is 0 Å². The van der Waals surface area contributed by atoms with Gasteiger partial charge in [0.25, 0.3) is 6.01 Å². The summed E-state index contributed by atoms with van der Waals surface area (Å²) in [6.07, 6.45) is 13.6. The van der Waals surface area contributed by atoms with E-state index in [1.807, 2.05) is 41.8 Å². The molecule has 0 spiro atoms. The van der Waals surface area contributed by atoms with Crippen LogP contribution in [0.5, 0.6) is 6.01 Å². The minimum atomic E-state index is -3.65. The fourth-order valence-electron chi connectivity index (χ4n) is 9.20. The summed E-state index contributed by atoms with van der Waals surface area (Å²) in [6.45, 7) is 12.9. The van der Waals surface area contributed by atoms with Crippen LogP contribution in [-0.2, 0) is 29.1 Å². The van der Waals surface area contributed by atoms with Crippen LogP contribution in [0.25, 0.3) is 21.6 Å². The molecule has 1 aromatic carbocycles. The van der Waals surface area contributed by atoms with Gasteiger partial charge >= 0.3 is 6.09 Å². The molecule has 0 bridgehead atoms. The molecule has 15 nitrogen and oxygen atoms in total. The minimum absolute atomic E-state index is 0.0147. The lowest BCUT2D eigenvalue weighted by Crippen LogP contribution is -2.54. The first-order chi connectivity index (χ1) is 30.3. The Hall–Kier alpha value is -4.51. The Bertz CT molecular complexity index is 2340. The van der Waals surface area contributed by atoms with Crippen LogP contribution in [0.3, 0.4) is 0 Å². The molecular formula is C47H67N7O8S2. The Balaban J connectivity index is 1.00. The van der Waals surface area contributed by atoms with Crippen molar-refractivity contribution in [1.82, 2.24) is 29.5 Å². The number of imidazole rings is 1. The number of sulfonamides is 1. The topological polar surface area (TPSA) is 205 Å². The first-order valence-corrected chi connectivity index (χ1v) is 25.6. The molecule has 6 atom stereocenters. The molecule has 3 heterocycles. The molecule has 4 amide bonds. The zero-order valence-corrected chi connectivity index (χ0v) is 40.1. The van der Waals surface area contributed by atoms with E-state index < -0.39 is 68.3 Å². The van der Waals surface area contributed by atoms with Crippen molar-refractivity contribution < 1.29 is 37.1 Å². The number of carbonyl (C=O) groups is 4. The smallest absolute Gasteiger partial charge is 0.408 e. The number of aromatic nitrogens is 3. The van der Waals surface area contributed by atoms with Crippen LogP contribution in [-0.4, -0.2) is 86.7 Å². The maximum atomic E-state index is 14.5. The second-order valence-electron chi connectivity index (χ2n) is 20.0. The summed E-state index contributed by atoms with van der Waals surface area (Å²) in [4.78, 5) is 64.9. The number of alkyl carbamates (subject to hydrolysis) is 1. The Labute approximate surface area is 381 Å². The third kappa shape index (κ3) is 10.8. The fraction of sp³-hybridized carbons (Fsp3) is 0.660. The van der Waals surface area contributed by atoms with Crippen molar-refractivity contribution in [2.24, 2.45) is 23.5 Å². The van der Waals surface area contributed by atoms with E-state index in [2.05, 4.69) is 29.3 Å². The molecule has 0 radical (unpaired) electrons. The molecule has 7 rings (SSSR count). The van der Waals surface area contributed by atoms with Gasteiger partial charge < -0.3 is 25.4 Å². The van der Waals surface area contributed by atoms with Crippen molar-refractivity contribution in [2.45, 2.75) is 172 Å². The zero-order chi connectivity index (χ0) is 46.1. The second kappa shape index (κ2) is 19.1. The summed E-state index contributed by atoms with van der Waals surface area (Å²) in [5, 5.41) is 5.88. The van der Waals surface area contributed by atoms with E-state index in [4.69, 9.17) is 25.2 Å². The van der Waals surface area contributed by atoms with Gasteiger partial charge in [-0.15, -0.1) is 11.3 Å². The number of unbranched alkanes of at least 4 members (excludes halogenated alkanes) is 3. The number of allylic oxidation sites excluding steroid dienone is 2. The fourth-order valence-corrected chi connectivity index (χ4v) is 11.4. The molecule has 4 aliphatic rings. The van der Waals surface area contributed by atoms with Crippen molar-refractivity contribution in [3.8, 4) is 16.6 Å². The van der Waals surface area contributed by atoms with Crippen molar-refractivity contribution >= 4 is 56.2 Å². The molecule has 1 saturated heterocycles. The summed E-state index contributed by atoms with van der Waals surface area (Å²) >= 11 is 1.64. The number of nitrogens with zero attached hydrogens (tertiary/aromatic N) is 4. The molecule has 17 heteroatoms. The average Bonchev–Trinajstić information content (AvgIpc) is 4.02. The molecule has 4 N–H and O–H groups in total. The number of ether oxygens (including phenoxy) is 2. The largest absolute Gasteiger partial charge is 0.459 e. The van der Waals surface area contributed by atoms with Gasteiger partial charge in [-0.1, -0.05) is 57.2 Å². The number of benzene rings is 1. The van der Waals surface area contributed by atoms with Crippen LogP contribution in [0.15, 0.2) is 35.7 Å². The predicted octanol–water partition coefficient (Wildman–Crippen LogP) is 7.90. The van der Waals surface area contributed by atoms with E-state index in [1.165, 1.54) is 37.0 Å². The minimum Gasteiger partial charge on any atom is -0.459 e. The van der Waals surface area contributed by atoms with Gasteiger partial charge in [-0.2, -0.15) is 4.98 Å². The van der Waals surface area contributed by atoms with Gasteiger partial charge in [0.1, 0.15) is 34.3 Å². The van der Waals surface area contributed by atoms with Crippen LogP contribution in [0.1, 0.15) is 150 Å². The Kier molecular flexibility index (Phi) is 14.2. The first kappa shape index (κ1) is 47.5. The predicted molar refractivity (Wildman–Crippen MR) is 247 cm³/mol. The maximum absolute atomic E-state index is 14.5. The van der Waals surface area contributed by atoms with Gasteiger partial charge in [0.2, 0.25) is 27.7 Å². The molecule has 4 fully saturated rings. The van der Waals surface area contributed by atoms with Crippen LogP contribution in [0.4, 0.5) is 4.79 Å². The van der Waals surface area contributed by atoms with Crippen molar-refractivity contribution in [1.29, 1.82) is 0 Å². The van der Waals surface area contributed by atoms with Crippen molar-refractivity contribution in [3.63, 3.8) is 0 Å². The van der Waals surface area contributed by atoms with E-state index >= 15 is 0 Å². The van der Waals surface area contributed by atoms with Crippen LogP contribution >= 0.6 is 11.3 Å². The number of hydrogen-bond donors (Lipinski definition) is 3. The number of nitrogens with one attached hydrogen (secondary N) is 2. The standard InChI is InChI=1S/C47H67N7O8S2/c1-28(2)54-36-22-16-20-32(42-49-35(27-63-42)30-17-13-11-14-18-30)38(36)51-44(54)61-37-26-53(39(29(37)3)40(48)55)43(57)34(50-45(58)62-46(4,5)6)21-15-10-8-9-12-19-31-25-33(31)41(56)52-64(59,60)47(7)23-24-47/h12,16,19-20,22,27-31,33-34,37,39H,8-11,13-15,17-18,21,23-26H2,1-7H3,(H2,48,55)(H,50,58)(H,52,56). The average molecular weight is 922 g/mol. The Morgan fingerprint density at radius 2 is 1.80 bits per heavy atom. The molecule has 6 unspecified atom stereocenters. The van der Waals surface area contributed by atoms with Crippen LogP contribution < -0.4 is 20.5 Å². The van der Waals surface area contributed by atoms with Crippen molar-refractivity contribution in [2.75, 3.05) is 6.54 Å². The number of rotatable bonds is 18. The first-order valence-electron chi connectivity index (χ1n) is 23.2. The number of hydrogen-bond acceptors (Lipinski definition) is 11. The Morgan fingerprint density at radius 1 is 1.06 bits per heavy atom. The summed E-state index contributed by atoms with van der Waals surface area (Å²) in [5.74, 6) is -1.86. The van der Waals surface area contributed by atoms with Gasteiger partial charge in [0.05, 0.1) is 22.5 Å². The zero-order valence-electron chi connectivity index (χ0n) is 38.4. The molecule has 3 aromatic rings. The summed E-state index contributed by atoms with van der Waals surface area (Å²) in [7, 11) is -3.65. The number of fused-ring (bicyclic) bond motifs is 1. The van der Waals surface area contributed by atoms with Gasteiger partial charge in [-0.3, -0.25) is 23.7 Å². The third-order valence-electron chi connectivity index (χ3n) is 13.4. The molecule has 350 valence electrons. The molecular weight excluding hydrogens is 855 g/mol. The number of para-hydroxylation sites is 1. The number of carbonyl (C=O) groups excluding carboxylic acids is 4. The van der Waals surface area contributed by atoms with Gasteiger partial charge in [-0.25, -0.2) is 18.2 Å². The number of primary amides is 1. The molecule has 64 heavy (non-hydrogen) atoms. The van der Waals surface area contributed by atoms with Crippen molar-refractivity contribution in [3.05, 3.63) is 41.4 Å². The highest BCUT2D eigenvalue weighted by Gasteiger charge is 2.53. The highest BCUT2D eigenvalue weighted by molar-refractivity contribution is 7.91. The quantitative estimate of drug-likeness (QED) is 0.0831. The van der Waals surface area contributed by atoms with E-state index in [-0.39, 0.29) is 24.4 Å². The summed E-state index contributed by atoms with van der Waals surface area (Å²) in [5.41, 5.74) is 8.97. The highest BCUT2D eigenvalue weighted by Crippen LogP contribution is 2.45. The van der Waals surface area contributed by atoms with Crippen LogP contribution in [0.2, 0.25) is 0 Å². The Morgan fingerprint density at radius 3 is 2.47 bits per heavy atom. The molecule has 3 saturated carbocycles. The van der Waals surface area contributed by atoms with Gasteiger partial charge in [0, 0.05) is 34.7 Å². The second-order valence-corrected chi connectivity index (χ2v) is 23.0. The molecule has 3 aliphatic carbocycles. The number of nitrogens with two attached hydrogens (primary N) is 1. The highest BCUT2D eigenvalue weighted by atomic mass is 32.2. The van der Waals surface area contributed by atoms with E-state index in [1.54, 1.807) is 39.0 Å². The van der Waals surface area contributed by atoms with Gasteiger partial charge in [-0.05, 0) is 111 Å². The van der Waals surface area contributed by atoms with E-state index in [0.29, 0.717) is 44.0 Å². The monoisotopic (exact) mass is 921 g/mol. The van der Waals surface area contributed by atoms with Crippen LogP contribution in [0, 0.1) is 17.8 Å². The van der Waals surface area contributed by atoms with E-state index in [9.17, 15) is 27.6 Å². The molecule has 2 aromatic heterocycles.